The zero-order chi connectivity index (χ0) is 21.2. The highest BCUT2D eigenvalue weighted by Crippen LogP contribution is 2.35. The number of benzene rings is 2. The molecule has 0 saturated heterocycles. The molecule has 0 unspecified atom stereocenters. The molecule has 0 aliphatic rings. The van der Waals surface area contributed by atoms with Gasteiger partial charge in [0, 0.05) is 29.7 Å². The molecular weight excluding hydrogens is 415 g/mol. The lowest BCUT2D eigenvalue weighted by atomic mass is 10.1. The van der Waals surface area contributed by atoms with Gasteiger partial charge in [-0.3, -0.25) is 4.79 Å². The molecule has 29 heavy (non-hydrogen) atoms. The predicted octanol–water partition coefficient (Wildman–Crippen LogP) is 4.55. The van der Waals surface area contributed by atoms with Crippen molar-refractivity contribution >= 4 is 28.8 Å². The molecule has 1 aromatic heterocycles. The number of amides is 1. The minimum absolute atomic E-state index is 0.201. The maximum Gasteiger partial charge on any atom is 0.254 e. The molecule has 152 valence electrons. The summed E-state index contributed by atoms with van der Waals surface area (Å²) in [5.74, 6) is -1.60. The number of aliphatic hydroxyl groups is 1. The summed E-state index contributed by atoms with van der Waals surface area (Å²) in [5, 5.41) is 24.1. The molecule has 3 N–H and O–H groups in total. The number of phenolic OH excluding ortho intramolecular Hbond substituents is 1. The highest BCUT2D eigenvalue weighted by atomic mass is 35.5. The van der Waals surface area contributed by atoms with Crippen molar-refractivity contribution in [1.29, 1.82) is 0 Å². The average Bonchev–Trinajstić information content (AvgIpc) is 3.08. The van der Waals surface area contributed by atoms with Gasteiger partial charge in [0.1, 0.15) is 11.6 Å². The Bertz CT molecular complexity index is 1030. The Morgan fingerprint density at radius 1 is 1.28 bits per heavy atom. The van der Waals surface area contributed by atoms with Crippen LogP contribution in [0.1, 0.15) is 34.8 Å². The molecule has 0 fully saturated rings. The molecule has 0 spiro atoms. The van der Waals surface area contributed by atoms with Crippen LogP contribution in [0.25, 0.3) is 10.4 Å². The first-order valence-electron chi connectivity index (χ1n) is 8.85. The summed E-state index contributed by atoms with van der Waals surface area (Å²) >= 11 is 7.08. The number of carbonyl (C=O) groups excluding carboxylic acids is 1. The Kier molecular flexibility index (Phi) is 6.21. The van der Waals surface area contributed by atoms with Crippen molar-refractivity contribution in [2.24, 2.45) is 0 Å². The number of hydrogen-bond acceptors (Lipinski definition) is 5. The zero-order valence-corrected chi connectivity index (χ0v) is 17.4. The van der Waals surface area contributed by atoms with Crippen LogP contribution < -0.4 is 5.32 Å². The van der Waals surface area contributed by atoms with Gasteiger partial charge in [0.05, 0.1) is 21.0 Å². The molecule has 0 aliphatic heterocycles. The van der Waals surface area contributed by atoms with Gasteiger partial charge in [0.25, 0.3) is 5.91 Å². The van der Waals surface area contributed by atoms with Crippen LogP contribution in [0.2, 0.25) is 5.02 Å². The van der Waals surface area contributed by atoms with Gasteiger partial charge in [-0.15, -0.1) is 11.3 Å². The molecule has 0 bridgehead atoms. The number of thiazole rings is 1. The van der Waals surface area contributed by atoms with E-state index in [0.29, 0.717) is 21.3 Å². The van der Waals surface area contributed by atoms with Gasteiger partial charge in [0.2, 0.25) is 0 Å². The topological polar surface area (TPSA) is 82.5 Å². The largest absolute Gasteiger partial charge is 0.507 e. The Hall–Kier alpha value is -2.48. The summed E-state index contributed by atoms with van der Waals surface area (Å²) in [4.78, 5) is 17.1. The standard InChI is InChI=1S/C21H20ClFN2O3S/c1-21(2,28)9-19-24-11-18(29-19)15-7-16(23)14(8-17(15)26)20(27)25-10-12-3-5-13(22)6-4-12/h3-8,11,26,28H,9-10H2,1-2H3,(H,25,27). The van der Waals surface area contributed by atoms with E-state index in [1.54, 1.807) is 38.1 Å². The quantitative estimate of drug-likeness (QED) is 0.531. The van der Waals surface area contributed by atoms with Crippen molar-refractivity contribution < 1.29 is 19.4 Å². The molecule has 0 atom stereocenters. The van der Waals surface area contributed by atoms with Crippen molar-refractivity contribution in [3.8, 4) is 16.2 Å². The number of hydrogen-bond donors (Lipinski definition) is 3. The number of aromatic hydroxyl groups is 1. The second kappa shape index (κ2) is 8.49. The molecule has 0 saturated carbocycles. The lowest BCUT2D eigenvalue weighted by Crippen LogP contribution is -2.23. The normalized spacial score (nSPS) is 11.5. The van der Waals surface area contributed by atoms with Gasteiger partial charge in [-0.05, 0) is 43.7 Å². The van der Waals surface area contributed by atoms with Crippen LogP contribution >= 0.6 is 22.9 Å². The Morgan fingerprint density at radius 2 is 1.97 bits per heavy atom. The number of halogens is 2. The van der Waals surface area contributed by atoms with Gasteiger partial charge >= 0.3 is 0 Å². The highest BCUT2D eigenvalue weighted by molar-refractivity contribution is 7.15. The summed E-state index contributed by atoms with van der Waals surface area (Å²) in [7, 11) is 0. The molecule has 0 radical (unpaired) electrons. The Labute approximate surface area is 176 Å². The fraction of sp³-hybridized carbons (Fsp3) is 0.238. The van der Waals surface area contributed by atoms with Crippen LogP contribution in [0.3, 0.4) is 0 Å². The fourth-order valence-electron chi connectivity index (χ4n) is 2.70. The van der Waals surface area contributed by atoms with E-state index < -0.39 is 17.3 Å². The second-order valence-electron chi connectivity index (χ2n) is 7.27. The van der Waals surface area contributed by atoms with Gasteiger partial charge in [0.15, 0.2) is 0 Å². The first-order chi connectivity index (χ1) is 13.6. The van der Waals surface area contributed by atoms with E-state index >= 15 is 0 Å². The molecule has 3 aromatic rings. The summed E-state index contributed by atoms with van der Waals surface area (Å²) in [6, 6.07) is 9.14. The number of carbonyl (C=O) groups is 1. The third kappa shape index (κ3) is 5.53. The smallest absolute Gasteiger partial charge is 0.254 e. The Morgan fingerprint density at radius 3 is 2.62 bits per heavy atom. The van der Waals surface area contributed by atoms with E-state index in [9.17, 15) is 19.4 Å². The van der Waals surface area contributed by atoms with Crippen LogP contribution in [0.5, 0.6) is 5.75 Å². The molecular formula is C21H20ClFN2O3S. The van der Waals surface area contributed by atoms with Crippen LogP contribution in [0.4, 0.5) is 4.39 Å². The van der Waals surface area contributed by atoms with Gasteiger partial charge in [-0.1, -0.05) is 23.7 Å². The maximum absolute atomic E-state index is 14.6. The summed E-state index contributed by atoms with van der Waals surface area (Å²) in [5.41, 5.74) is -0.111. The third-order valence-electron chi connectivity index (χ3n) is 4.10. The number of rotatable bonds is 6. The first-order valence-corrected chi connectivity index (χ1v) is 10.0. The fourth-order valence-corrected chi connectivity index (χ4v) is 3.99. The molecule has 0 aliphatic carbocycles. The summed E-state index contributed by atoms with van der Waals surface area (Å²) < 4.78 is 14.6. The lowest BCUT2D eigenvalue weighted by Gasteiger charge is -2.14. The molecule has 2 aromatic carbocycles. The lowest BCUT2D eigenvalue weighted by molar-refractivity contribution is 0.0809. The minimum atomic E-state index is -0.922. The van der Waals surface area contributed by atoms with Gasteiger partial charge in [-0.2, -0.15) is 0 Å². The van der Waals surface area contributed by atoms with Gasteiger partial charge in [-0.25, -0.2) is 9.37 Å². The van der Waals surface area contributed by atoms with E-state index in [4.69, 9.17) is 11.6 Å². The van der Waals surface area contributed by atoms with Crippen molar-refractivity contribution in [2.45, 2.75) is 32.4 Å². The first kappa shape index (κ1) is 21.2. The summed E-state index contributed by atoms with van der Waals surface area (Å²) in [6.07, 6.45) is 1.85. The van der Waals surface area contributed by atoms with Crippen LogP contribution in [-0.4, -0.2) is 26.7 Å². The van der Waals surface area contributed by atoms with Crippen molar-refractivity contribution in [3.05, 3.63) is 69.6 Å². The summed E-state index contributed by atoms with van der Waals surface area (Å²) in [6.45, 7) is 3.54. The van der Waals surface area contributed by atoms with Crippen LogP contribution in [0, 0.1) is 5.82 Å². The maximum atomic E-state index is 14.6. The Balaban J connectivity index is 1.76. The van der Waals surface area contributed by atoms with E-state index in [2.05, 4.69) is 10.3 Å². The molecule has 1 heterocycles. The van der Waals surface area contributed by atoms with Gasteiger partial charge < -0.3 is 15.5 Å². The van der Waals surface area contributed by atoms with E-state index in [-0.39, 0.29) is 23.4 Å². The number of phenols is 1. The van der Waals surface area contributed by atoms with Crippen molar-refractivity contribution in [1.82, 2.24) is 10.3 Å². The minimum Gasteiger partial charge on any atom is -0.507 e. The molecule has 5 nitrogen and oxygen atoms in total. The zero-order valence-electron chi connectivity index (χ0n) is 15.9. The number of aromatic nitrogens is 1. The third-order valence-corrected chi connectivity index (χ3v) is 5.38. The monoisotopic (exact) mass is 434 g/mol. The van der Waals surface area contributed by atoms with Crippen molar-refractivity contribution in [2.75, 3.05) is 0 Å². The van der Waals surface area contributed by atoms with Crippen LogP contribution in [-0.2, 0) is 13.0 Å². The average molecular weight is 435 g/mol. The predicted molar refractivity (Wildman–Crippen MR) is 112 cm³/mol. The van der Waals surface area contributed by atoms with Crippen LogP contribution in [0.15, 0.2) is 42.6 Å². The van der Waals surface area contributed by atoms with Crippen molar-refractivity contribution in [3.63, 3.8) is 0 Å². The SMILES string of the molecule is CC(C)(O)Cc1ncc(-c2cc(F)c(C(=O)NCc3ccc(Cl)cc3)cc2O)s1. The molecule has 3 rings (SSSR count). The van der Waals surface area contributed by atoms with E-state index in [1.807, 2.05) is 0 Å². The molecule has 1 amide bonds. The number of nitrogens with one attached hydrogen (secondary N) is 1. The van der Waals surface area contributed by atoms with E-state index in [1.165, 1.54) is 17.5 Å². The number of nitrogens with zero attached hydrogens (tertiary/aromatic N) is 1. The highest BCUT2D eigenvalue weighted by Gasteiger charge is 2.20. The molecule has 8 heteroatoms. The van der Waals surface area contributed by atoms with E-state index in [0.717, 1.165) is 17.7 Å². The second-order valence-corrected chi connectivity index (χ2v) is 8.82.